The highest BCUT2D eigenvalue weighted by molar-refractivity contribution is 4.88. The lowest BCUT2D eigenvalue weighted by molar-refractivity contribution is -0.0737. The lowest BCUT2D eigenvalue weighted by atomic mass is 9.81. The molecule has 0 atom stereocenters. The molecule has 0 radical (unpaired) electrons. The van der Waals surface area contributed by atoms with Crippen molar-refractivity contribution in [3.8, 4) is 0 Å². The van der Waals surface area contributed by atoms with Gasteiger partial charge in [-0.05, 0) is 79.7 Å². The van der Waals surface area contributed by atoms with Crippen LogP contribution in [0.25, 0.3) is 0 Å². The fourth-order valence-electron chi connectivity index (χ4n) is 4.22. The third-order valence-electron chi connectivity index (χ3n) is 6.53. The van der Waals surface area contributed by atoms with E-state index in [1.807, 2.05) is 0 Å². The van der Waals surface area contributed by atoms with E-state index < -0.39 is 0 Å². The molecule has 4 heteroatoms. The minimum absolute atomic E-state index is 0.109. The van der Waals surface area contributed by atoms with Crippen LogP contribution in [0.4, 0.5) is 0 Å². The van der Waals surface area contributed by atoms with Gasteiger partial charge in [0.2, 0.25) is 0 Å². The van der Waals surface area contributed by atoms with Gasteiger partial charge in [0.1, 0.15) is 0 Å². The van der Waals surface area contributed by atoms with E-state index in [1.54, 1.807) is 0 Å². The molecule has 0 heterocycles. The van der Waals surface area contributed by atoms with Gasteiger partial charge < -0.3 is 20.1 Å². The normalized spacial score (nSPS) is 17.7. The first-order chi connectivity index (χ1) is 13.4. The zero-order valence-electron chi connectivity index (χ0n) is 21.0. The van der Waals surface area contributed by atoms with E-state index in [-0.39, 0.29) is 16.7 Å². The fourth-order valence-corrected chi connectivity index (χ4v) is 4.22. The Labute approximate surface area is 182 Å². The molecule has 0 saturated heterocycles. The predicted molar refractivity (Wildman–Crippen MR) is 126 cm³/mol. The molecule has 0 amide bonds. The van der Waals surface area contributed by atoms with Gasteiger partial charge in [-0.3, -0.25) is 0 Å². The van der Waals surface area contributed by atoms with Crippen LogP contribution in [0.3, 0.4) is 0 Å². The quantitative estimate of drug-likeness (QED) is 0.284. The number of hydrogen-bond acceptors (Lipinski definition) is 4. The third-order valence-corrected chi connectivity index (χ3v) is 6.53. The predicted octanol–water partition coefficient (Wildman–Crippen LogP) is 5.69. The van der Waals surface area contributed by atoms with Crippen LogP contribution >= 0.6 is 0 Å². The minimum Gasteiger partial charge on any atom is -0.375 e. The smallest absolute Gasteiger partial charge is 0.0649 e. The minimum atomic E-state index is -0.144. The van der Waals surface area contributed by atoms with Crippen molar-refractivity contribution in [2.75, 3.05) is 26.3 Å². The highest BCUT2D eigenvalue weighted by atomic mass is 16.5. The van der Waals surface area contributed by atoms with Crippen LogP contribution in [-0.2, 0) is 9.47 Å². The molecule has 0 aromatic carbocycles. The van der Waals surface area contributed by atoms with Crippen LogP contribution in [0.2, 0.25) is 0 Å². The Morgan fingerprint density at radius 3 is 1.90 bits per heavy atom. The van der Waals surface area contributed by atoms with Gasteiger partial charge in [0.15, 0.2) is 0 Å². The van der Waals surface area contributed by atoms with E-state index >= 15 is 0 Å². The van der Waals surface area contributed by atoms with Crippen molar-refractivity contribution in [2.45, 2.75) is 130 Å². The molecular formula is C25H52N2O2. The third kappa shape index (κ3) is 12.3. The van der Waals surface area contributed by atoms with Crippen molar-refractivity contribution < 1.29 is 9.47 Å². The monoisotopic (exact) mass is 412 g/mol. The molecule has 1 aliphatic rings. The lowest BCUT2D eigenvalue weighted by Gasteiger charge is -2.37. The number of nitrogens with one attached hydrogen (secondary N) is 2. The molecule has 29 heavy (non-hydrogen) atoms. The second kappa shape index (κ2) is 12.6. The molecule has 1 rings (SSSR count). The Balaban J connectivity index is 2.26. The fraction of sp³-hybridized carbons (Fsp3) is 1.00. The number of hydrogen-bond donors (Lipinski definition) is 2. The molecule has 1 aliphatic carbocycles. The van der Waals surface area contributed by atoms with Gasteiger partial charge in [-0.2, -0.15) is 0 Å². The van der Waals surface area contributed by atoms with Gasteiger partial charge in [0, 0.05) is 18.1 Å². The van der Waals surface area contributed by atoms with Crippen molar-refractivity contribution in [2.24, 2.45) is 5.92 Å². The van der Waals surface area contributed by atoms with Crippen LogP contribution in [0, 0.1) is 5.92 Å². The van der Waals surface area contributed by atoms with Crippen molar-refractivity contribution in [3.05, 3.63) is 0 Å². The summed E-state index contributed by atoms with van der Waals surface area (Å²) in [4.78, 5) is 0. The first-order valence-corrected chi connectivity index (χ1v) is 12.2. The highest BCUT2D eigenvalue weighted by Gasteiger charge is 2.30. The second-order valence-electron chi connectivity index (χ2n) is 11.2. The summed E-state index contributed by atoms with van der Waals surface area (Å²) >= 11 is 0. The Morgan fingerprint density at radius 2 is 1.31 bits per heavy atom. The molecule has 0 aromatic heterocycles. The van der Waals surface area contributed by atoms with E-state index in [2.05, 4.69) is 66.0 Å². The largest absolute Gasteiger partial charge is 0.375 e. The van der Waals surface area contributed by atoms with E-state index in [4.69, 9.17) is 9.47 Å². The second-order valence-corrected chi connectivity index (χ2v) is 11.2. The van der Waals surface area contributed by atoms with E-state index in [0.29, 0.717) is 6.04 Å². The van der Waals surface area contributed by atoms with Crippen LogP contribution < -0.4 is 10.6 Å². The van der Waals surface area contributed by atoms with Crippen molar-refractivity contribution >= 4 is 0 Å². The molecule has 0 aliphatic heterocycles. The number of rotatable bonds is 14. The van der Waals surface area contributed by atoms with Crippen LogP contribution in [0.15, 0.2) is 0 Å². The summed E-state index contributed by atoms with van der Waals surface area (Å²) < 4.78 is 12.3. The number of ether oxygens (including phenoxy) is 2. The van der Waals surface area contributed by atoms with E-state index in [1.165, 1.54) is 38.5 Å². The maximum absolute atomic E-state index is 6.25. The molecular weight excluding hydrogens is 360 g/mol. The maximum Gasteiger partial charge on any atom is 0.0649 e. The van der Waals surface area contributed by atoms with Gasteiger partial charge in [-0.15, -0.1) is 0 Å². The highest BCUT2D eigenvalue weighted by Crippen LogP contribution is 2.31. The summed E-state index contributed by atoms with van der Waals surface area (Å²) in [6.45, 7) is 21.3. The molecule has 1 fully saturated rings. The molecule has 0 aromatic rings. The Kier molecular flexibility index (Phi) is 11.7. The van der Waals surface area contributed by atoms with Crippen LogP contribution in [0.1, 0.15) is 107 Å². The van der Waals surface area contributed by atoms with Gasteiger partial charge in [0.25, 0.3) is 0 Å². The molecule has 0 spiro atoms. The molecule has 1 saturated carbocycles. The van der Waals surface area contributed by atoms with Gasteiger partial charge in [-0.25, -0.2) is 0 Å². The first kappa shape index (κ1) is 26.9. The summed E-state index contributed by atoms with van der Waals surface area (Å²) in [5.74, 6) is 0.803. The Hall–Kier alpha value is -0.160. The topological polar surface area (TPSA) is 42.5 Å². The van der Waals surface area contributed by atoms with Crippen molar-refractivity contribution in [1.29, 1.82) is 0 Å². The molecule has 2 N–H and O–H groups in total. The van der Waals surface area contributed by atoms with Gasteiger partial charge in [0.05, 0.1) is 24.4 Å². The maximum atomic E-state index is 6.25. The summed E-state index contributed by atoms with van der Waals surface area (Å²) in [7, 11) is 0. The summed E-state index contributed by atoms with van der Waals surface area (Å²) in [6.07, 6.45) is 10.3. The molecule has 0 unspecified atom stereocenters. The molecule has 174 valence electrons. The average Bonchev–Trinajstić information content (AvgIpc) is 2.88. The molecule has 0 bridgehead atoms. The first-order valence-electron chi connectivity index (χ1n) is 12.2. The Bertz CT molecular complexity index is 425. The van der Waals surface area contributed by atoms with Crippen LogP contribution in [0.5, 0.6) is 0 Å². The zero-order chi connectivity index (χ0) is 22.0. The summed E-state index contributed by atoms with van der Waals surface area (Å²) in [5.41, 5.74) is -0.0312. The molecule has 4 nitrogen and oxygen atoms in total. The van der Waals surface area contributed by atoms with Crippen molar-refractivity contribution in [1.82, 2.24) is 10.6 Å². The average molecular weight is 413 g/mol. The zero-order valence-corrected chi connectivity index (χ0v) is 21.0. The Morgan fingerprint density at radius 1 is 0.759 bits per heavy atom. The van der Waals surface area contributed by atoms with Crippen molar-refractivity contribution in [3.63, 3.8) is 0 Å². The SMILES string of the molecule is CC(C)NCCOC(C)(C)CCOC(C)(C)CCNC(C)(C)C1CCCCCC1. The van der Waals surface area contributed by atoms with E-state index in [9.17, 15) is 0 Å². The van der Waals surface area contributed by atoms with Gasteiger partial charge in [-0.1, -0.05) is 39.5 Å². The standard InChI is InChI=1S/C25H52N2O2/c1-21(2)26-18-20-29-24(5,6)16-19-28-23(3,4)15-17-27-25(7,8)22-13-11-9-10-12-14-22/h21-22,26-27H,9-20H2,1-8H3. The van der Waals surface area contributed by atoms with Crippen LogP contribution in [-0.4, -0.2) is 49.1 Å². The summed E-state index contributed by atoms with van der Waals surface area (Å²) in [6, 6.07) is 0.506. The summed E-state index contributed by atoms with van der Waals surface area (Å²) in [5, 5.41) is 7.25. The van der Waals surface area contributed by atoms with E-state index in [0.717, 1.165) is 45.1 Å². The lowest BCUT2D eigenvalue weighted by Crippen LogP contribution is -2.47. The van der Waals surface area contributed by atoms with Gasteiger partial charge >= 0.3 is 0 Å².